The monoisotopic (exact) mass is 491 g/mol. The number of hydrogen-bond acceptors (Lipinski definition) is 4. The van der Waals surface area contributed by atoms with Gasteiger partial charge in [0.25, 0.3) is 5.91 Å². The Morgan fingerprint density at radius 3 is 2.24 bits per heavy atom. The maximum Gasteiger partial charge on any atom is 0.313 e. The number of anilines is 1. The number of piperidine rings is 1. The van der Waals surface area contributed by atoms with Crippen LogP contribution in [0.4, 0.5) is 14.5 Å². The van der Waals surface area contributed by atoms with Crippen LogP contribution in [-0.4, -0.2) is 59.8 Å². The lowest BCUT2D eigenvalue weighted by Crippen LogP contribution is -2.42. The Morgan fingerprint density at radius 1 is 0.941 bits per heavy atom. The van der Waals surface area contributed by atoms with Crippen molar-refractivity contribution in [2.24, 2.45) is 0 Å². The zero-order chi connectivity index (χ0) is 24.2. The molecular weight excluding hydrogens is 468 g/mol. The third-order valence-electron chi connectivity index (χ3n) is 5.97. The number of likely N-dealkylation sites (tertiary alicyclic amines) is 2. The van der Waals surface area contributed by atoms with E-state index in [9.17, 15) is 23.2 Å². The number of amides is 3. The van der Waals surface area contributed by atoms with Crippen molar-refractivity contribution in [3.05, 3.63) is 58.6 Å². The summed E-state index contributed by atoms with van der Waals surface area (Å²) in [5, 5.41) is 2.18. The van der Waals surface area contributed by atoms with Crippen molar-refractivity contribution < 1.29 is 27.9 Å². The lowest BCUT2D eigenvalue weighted by molar-refractivity contribution is -0.142. The van der Waals surface area contributed by atoms with Crippen LogP contribution in [0.1, 0.15) is 36.0 Å². The van der Waals surface area contributed by atoms with Crippen molar-refractivity contribution >= 4 is 35.0 Å². The molecule has 7 nitrogen and oxygen atoms in total. The molecule has 10 heteroatoms. The predicted molar refractivity (Wildman–Crippen MR) is 122 cm³/mol. The molecule has 0 unspecified atom stereocenters. The molecule has 34 heavy (non-hydrogen) atoms. The molecule has 180 valence electrons. The Hall–Kier alpha value is -3.20. The number of benzene rings is 2. The van der Waals surface area contributed by atoms with Gasteiger partial charge in [-0.05, 0) is 49.2 Å². The highest BCUT2D eigenvalue weighted by Gasteiger charge is 2.28. The molecule has 0 atom stereocenters. The average molecular weight is 492 g/mol. The molecule has 0 aliphatic carbocycles. The normalized spacial score (nSPS) is 16.4. The molecular formula is C24H24ClF2N3O4. The van der Waals surface area contributed by atoms with Gasteiger partial charge in [-0.1, -0.05) is 11.6 Å². The third-order valence-corrected chi connectivity index (χ3v) is 6.28. The molecule has 2 aromatic rings. The van der Waals surface area contributed by atoms with Crippen molar-refractivity contribution in [3.63, 3.8) is 0 Å². The Kier molecular flexibility index (Phi) is 7.31. The molecule has 2 saturated heterocycles. The predicted octanol–water partition coefficient (Wildman–Crippen LogP) is 3.86. The number of halogens is 3. The van der Waals surface area contributed by atoms with Crippen LogP contribution >= 0.6 is 11.6 Å². The number of carbonyl (C=O) groups excluding carboxylic acids is 3. The highest BCUT2D eigenvalue weighted by Crippen LogP contribution is 2.27. The van der Waals surface area contributed by atoms with E-state index in [4.69, 9.17) is 16.3 Å². The van der Waals surface area contributed by atoms with Crippen molar-refractivity contribution in [3.8, 4) is 5.75 Å². The first-order valence-electron chi connectivity index (χ1n) is 11.1. The lowest BCUT2D eigenvalue weighted by atomic mass is 10.1. The van der Waals surface area contributed by atoms with Gasteiger partial charge in [0.15, 0.2) is 0 Å². The van der Waals surface area contributed by atoms with E-state index in [1.807, 2.05) is 0 Å². The topological polar surface area (TPSA) is 79.0 Å². The molecule has 0 aromatic heterocycles. The van der Waals surface area contributed by atoms with Gasteiger partial charge < -0.3 is 19.9 Å². The summed E-state index contributed by atoms with van der Waals surface area (Å²) in [6.45, 7) is 1.74. The van der Waals surface area contributed by atoms with Crippen molar-refractivity contribution in [2.75, 3.05) is 31.5 Å². The third kappa shape index (κ3) is 5.47. The highest BCUT2D eigenvalue weighted by atomic mass is 35.5. The minimum absolute atomic E-state index is 0.0323. The van der Waals surface area contributed by atoms with E-state index in [1.165, 1.54) is 17.0 Å². The molecule has 2 fully saturated rings. The Morgan fingerprint density at radius 2 is 1.59 bits per heavy atom. The average Bonchev–Trinajstić information content (AvgIpc) is 3.37. The molecule has 2 aliphatic rings. The van der Waals surface area contributed by atoms with E-state index in [-0.39, 0.29) is 28.2 Å². The van der Waals surface area contributed by atoms with Crippen LogP contribution < -0.4 is 10.1 Å². The van der Waals surface area contributed by atoms with Gasteiger partial charge in [0.2, 0.25) is 0 Å². The van der Waals surface area contributed by atoms with Gasteiger partial charge in [-0.25, -0.2) is 8.78 Å². The van der Waals surface area contributed by atoms with Gasteiger partial charge >= 0.3 is 11.8 Å². The zero-order valence-corrected chi connectivity index (χ0v) is 19.1. The van der Waals surface area contributed by atoms with E-state index in [0.29, 0.717) is 44.8 Å². The molecule has 2 aliphatic heterocycles. The number of nitrogens with zero attached hydrogens (tertiary/aromatic N) is 2. The van der Waals surface area contributed by atoms with Gasteiger partial charge in [-0.3, -0.25) is 14.4 Å². The molecule has 0 bridgehead atoms. The number of rotatable bonds is 4. The van der Waals surface area contributed by atoms with Crippen LogP contribution in [0.15, 0.2) is 36.4 Å². The van der Waals surface area contributed by atoms with Crippen LogP contribution in [0.25, 0.3) is 0 Å². The quantitative estimate of drug-likeness (QED) is 0.659. The van der Waals surface area contributed by atoms with Crippen molar-refractivity contribution in [2.45, 2.75) is 31.8 Å². The minimum atomic E-state index is -0.958. The standard InChI is InChI=1S/C24H24ClF2N3O4/c25-19-14-20(27)21(28-22(31)24(33)29-9-1-2-10-29)13-18(19)23(32)30-11-7-17(8-12-30)34-16-5-3-15(26)4-6-16/h3-6,13-14,17H,1-2,7-12H2,(H,28,31). The fourth-order valence-electron chi connectivity index (χ4n) is 4.10. The van der Waals surface area contributed by atoms with Crippen LogP contribution in [0.5, 0.6) is 5.75 Å². The lowest BCUT2D eigenvalue weighted by Gasteiger charge is -2.32. The van der Waals surface area contributed by atoms with Gasteiger partial charge in [-0.15, -0.1) is 0 Å². The molecule has 2 aromatic carbocycles. The highest BCUT2D eigenvalue weighted by molar-refractivity contribution is 6.40. The molecule has 2 heterocycles. The molecule has 0 radical (unpaired) electrons. The molecule has 3 amide bonds. The molecule has 1 N–H and O–H groups in total. The number of nitrogens with one attached hydrogen (secondary N) is 1. The summed E-state index contributed by atoms with van der Waals surface area (Å²) < 4.78 is 33.3. The van der Waals surface area contributed by atoms with Gasteiger partial charge in [0.05, 0.1) is 16.3 Å². The summed E-state index contributed by atoms with van der Waals surface area (Å²) in [6, 6.07) is 7.86. The first-order chi connectivity index (χ1) is 16.3. The largest absolute Gasteiger partial charge is 0.490 e. The van der Waals surface area contributed by atoms with Crippen molar-refractivity contribution in [1.82, 2.24) is 9.80 Å². The van der Waals surface area contributed by atoms with E-state index >= 15 is 0 Å². The number of ether oxygens (including phenoxy) is 1. The maximum atomic E-state index is 14.4. The van der Waals surface area contributed by atoms with Crippen LogP contribution in [-0.2, 0) is 9.59 Å². The van der Waals surface area contributed by atoms with Crippen molar-refractivity contribution in [1.29, 1.82) is 0 Å². The first-order valence-corrected chi connectivity index (χ1v) is 11.5. The molecule has 4 rings (SSSR count). The fourth-order valence-corrected chi connectivity index (χ4v) is 4.33. The number of hydrogen-bond donors (Lipinski definition) is 1. The van der Waals surface area contributed by atoms with E-state index in [0.717, 1.165) is 25.0 Å². The summed E-state index contributed by atoms with van der Waals surface area (Å²) in [5.41, 5.74) is -0.246. The number of carbonyl (C=O) groups is 3. The molecule has 0 spiro atoms. The Balaban J connectivity index is 1.39. The second-order valence-electron chi connectivity index (χ2n) is 8.33. The zero-order valence-electron chi connectivity index (χ0n) is 18.4. The summed E-state index contributed by atoms with van der Waals surface area (Å²) in [6.07, 6.45) is 2.60. The van der Waals surface area contributed by atoms with E-state index < -0.39 is 23.5 Å². The van der Waals surface area contributed by atoms with Gasteiger partial charge in [0.1, 0.15) is 23.5 Å². The molecule has 0 saturated carbocycles. The smallest absolute Gasteiger partial charge is 0.313 e. The van der Waals surface area contributed by atoms with E-state index in [1.54, 1.807) is 17.0 Å². The summed E-state index contributed by atoms with van der Waals surface area (Å²) in [4.78, 5) is 40.6. The van der Waals surface area contributed by atoms with Crippen LogP contribution in [0.3, 0.4) is 0 Å². The van der Waals surface area contributed by atoms with Gasteiger partial charge in [0, 0.05) is 39.0 Å². The Bertz CT molecular complexity index is 1080. The van der Waals surface area contributed by atoms with Gasteiger partial charge in [-0.2, -0.15) is 0 Å². The maximum absolute atomic E-state index is 14.4. The summed E-state index contributed by atoms with van der Waals surface area (Å²) in [5.74, 6) is -2.73. The second-order valence-corrected chi connectivity index (χ2v) is 8.74. The van der Waals surface area contributed by atoms with Crippen LogP contribution in [0, 0.1) is 11.6 Å². The second kappa shape index (κ2) is 10.4. The summed E-state index contributed by atoms with van der Waals surface area (Å²) >= 11 is 6.14. The summed E-state index contributed by atoms with van der Waals surface area (Å²) in [7, 11) is 0. The first kappa shape index (κ1) is 23.9. The SMILES string of the molecule is O=C(Nc1cc(C(=O)N2CCC(Oc3ccc(F)cc3)CC2)c(Cl)cc1F)C(=O)N1CCCC1. The fraction of sp³-hybridized carbons (Fsp3) is 0.375. The van der Waals surface area contributed by atoms with Crippen LogP contribution in [0.2, 0.25) is 5.02 Å². The van der Waals surface area contributed by atoms with E-state index in [2.05, 4.69) is 5.32 Å². The minimum Gasteiger partial charge on any atom is -0.490 e. The Labute approximate surface area is 200 Å².